The first-order valence-corrected chi connectivity index (χ1v) is 8.10. The first-order chi connectivity index (χ1) is 9.65. The van der Waals surface area contributed by atoms with Crippen molar-refractivity contribution in [2.24, 2.45) is 29.6 Å². The molecule has 0 heterocycles. The van der Waals surface area contributed by atoms with Crippen molar-refractivity contribution < 1.29 is 14.7 Å². The molecule has 6 atom stereocenters. The number of carbonyl (C=O) groups excluding carboxylic acids is 2. The molecule has 0 saturated heterocycles. The summed E-state index contributed by atoms with van der Waals surface area (Å²) >= 11 is 0. The molecule has 0 aromatic heterocycles. The Morgan fingerprint density at radius 2 is 1.65 bits per heavy atom. The number of rotatable bonds is 0. The number of hydrogen-bond donors (Lipinski definition) is 1. The minimum absolute atomic E-state index is 0.0977. The summed E-state index contributed by atoms with van der Waals surface area (Å²) in [7, 11) is 0. The van der Waals surface area contributed by atoms with E-state index in [0.29, 0.717) is 41.8 Å². The summed E-state index contributed by atoms with van der Waals surface area (Å²) in [5, 5.41) is 9.89. The van der Waals surface area contributed by atoms with Crippen molar-refractivity contribution in [1.82, 2.24) is 0 Å². The second kappa shape index (κ2) is 4.52. The van der Waals surface area contributed by atoms with Gasteiger partial charge in [0.25, 0.3) is 0 Å². The van der Waals surface area contributed by atoms with E-state index in [1.807, 2.05) is 0 Å². The van der Waals surface area contributed by atoms with Crippen LogP contribution in [0.4, 0.5) is 0 Å². The SMILES string of the molecule is O=C1C=C2CC[C@H]3[C@@H]4CCC(=O)[C@H]4CC[C@@H]3[C@H]2CC1O. The van der Waals surface area contributed by atoms with E-state index >= 15 is 0 Å². The largest absolute Gasteiger partial charge is 0.385 e. The fourth-order valence-electron chi connectivity index (χ4n) is 5.59. The van der Waals surface area contributed by atoms with E-state index in [-0.39, 0.29) is 5.78 Å². The van der Waals surface area contributed by atoms with E-state index in [9.17, 15) is 14.7 Å². The van der Waals surface area contributed by atoms with E-state index in [4.69, 9.17) is 0 Å². The molecule has 3 heteroatoms. The highest BCUT2D eigenvalue weighted by Crippen LogP contribution is 2.55. The third-order valence-electron chi connectivity index (χ3n) is 6.46. The second-order valence-electron chi connectivity index (χ2n) is 7.20. The van der Waals surface area contributed by atoms with Crippen molar-refractivity contribution in [2.45, 2.75) is 51.0 Å². The fourth-order valence-corrected chi connectivity index (χ4v) is 5.59. The van der Waals surface area contributed by atoms with Gasteiger partial charge in [0.05, 0.1) is 0 Å². The van der Waals surface area contributed by atoms with Gasteiger partial charge < -0.3 is 5.11 Å². The lowest BCUT2D eigenvalue weighted by Gasteiger charge is -2.49. The number of allylic oxidation sites excluding steroid dienone is 1. The summed E-state index contributed by atoms with van der Waals surface area (Å²) in [6, 6.07) is 0. The van der Waals surface area contributed by atoms with Crippen LogP contribution in [0.15, 0.2) is 11.6 Å². The zero-order chi connectivity index (χ0) is 13.9. The van der Waals surface area contributed by atoms with Gasteiger partial charge in [-0.1, -0.05) is 5.57 Å². The van der Waals surface area contributed by atoms with E-state index in [0.717, 1.165) is 38.5 Å². The molecule has 4 rings (SSSR count). The monoisotopic (exact) mass is 274 g/mol. The Bertz CT molecular complexity index is 492. The highest BCUT2D eigenvalue weighted by atomic mass is 16.3. The summed E-state index contributed by atoms with van der Waals surface area (Å²) in [4.78, 5) is 23.6. The van der Waals surface area contributed by atoms with E-state index in [1.54, 1.807) is 6.08 Å². The van der Waals surface area contributed by atoms with Crippen molar-refractivity contribution in [2.75, 3.05) is 0 Å². The van der Waals surface area contributed by atoms with Gasteiger partial charge in [-0.3, -0.25) is 9.59 Å². The lowest BCUT2D eigenvalue weighted by Crippen LogP contribution is -2.44. The first-order valence-electron chi connectivity index (χ1n) is 8.10. The smallest absolute Gasteiger partial charge is 0.184 e. The number of aliphatic hydroxyl groups excluding tert-OH is 1. The van der Waals surface area contributed by atoms with Crippen molar-refractivity contribution in [3.05, 3.63) is 11.6 Å². The van der Waals surface area contributed by atoms with Crippen LogP contribution in [0, 0.1) is 29.6 Å². The Kier molecular flexibility index (Phi) is 2.88. The van der Waals surface area contributed by atoms with Crippen LogP contribution >= 0.6 is 0 Å². The Labute approximate surface area is 119 Å². The van der Waals surface area contributed by atoms with Crippen molar-refractivity contribution in [1.29, 1.82) is 0 Å². The molecule has 20 heavy (non-hydrogen) atoms. The molecular weight excluding hydrogens is 252 g/mol. The number of ketones is 2. The molecule has 4 aliphatic carbocycles. The lowest BCUT2D eigenvalue weighted by atomic mass is 9.56. The Morgan fingerprint density at radius 1 is 0.900 bits per heavy atom. The van der Waals surface area contributed by atoms with E-state index in [2.05, 4.69) is 0 Å². The summed E-state index contributed by atoms with van der Waals surface area (Å²) in [5.41, 5.74) is 1.28. The Hall–Kier alpha value is -0.960. The number of Topliss-reactive ketones (excluding diaryl/α,β-unsaturated/α-hetero) is 1. The van der Waals surface area contributed by atoms with Crippen LogP contribution in [-0.4, -0.2) is 22.8 Å². The van der Waals surface area contributed by atoms with Gasteiger partial charge in [-0.2, -0.15) is 0 Å². The fraction of sp³-hybridized carbons (Fsp3) is 0.765. The Morgan fingerprint density at radius 3 is 2.50 bits per heavy atom. The van der Waals surface area contributed by atoms with Gasteiger partial charge in [0, 0.05) is 12.3 Å². The van der Waals surface area contributed by atoms with Gasteiger partial charge in [-0.25, -0.2) is 0 Å². The molecule has 0 aliphatic heterocycles. The van der Waals surface area contributed by atoms with Crippen LogP contribution in [0.3, 0.4) is 0 Å². The average Bonchev–Trinajstić information content (AvgIpc) is 2.82. The zero-order valence-electron chi connectivity index (χ0n) is 11.8. The van der Waals surface area contributed by atoms with Crippen LogP contribution in [0.5, 0.6) is 0 Å². The Balaban J connectivity index is 1.62. The molecule has 0 radical (unpaired) electrons. The number of hydrogen-bond acceptors (Lipinski definition) is 3. The van der Waals surface area contributed by atoms with Gasteiger partial charge >= 0.3 is 0 Å². The minimum atomic E-state index is -0.787. The normalized spacial score (nSPS) is 47.4. The van der Waals surface area contributed by atoms with Gasteiger partial charge in [0.1, 0.15) is 11.9 Å². The molecule has 0 aromatic rings. The van der Waals surface area contributed by atoms with Crippen molar-refractivity contribution in [3.8, 4) is 0 Å². The predicted octanol–water partition coefficient (Wildman–Crippen LogP) is 2.28. The predicted molar refractivity (Wildman–Crippen MR) is 73.9 cm³/mol. The molecule has 3 fully saturated rings. The molecule has 0 bridgehead atoms. The third kappa shape index (κ3) is 1.75. The molecule has 1 N–H and O–H groups in total. The summed E-state index contributed by atoms with van der Waals surface area (Å²) < 4.78 is 0. The number of fused-ring (bicyclic) bond motifs is 5. The topological polar surface area (TPSA) is 54.4 Å². The molecule has 1 unspecified atom stereocenters. The maximum atomic E-state index is 12.0. The van der Waals surface area contributed by atoms with Gasteiger partial charge in [0.15, 0.2) is 5.78 Å². The van der Waals surface area contributed by atoms with Crippen LogP contribution in [0.1, 0.15) is 44.9 Å². The molecule has 4 aliphatic rings. The average molecular weight is 274 g/mol. The maximum Gasteiger partial charge on any atom is 0.184 e. The van der Waals surface area contributed by atoms with Crippen LogP contribution in [0.2, 0.25) is 0 Å². The minimum Gasteiger partial charge on any atom is -0.385 e. The van der Waals surface area contributed by atoms with Crippen LogP contribution in [-0.2, 0) is 9.59 Å². The van der Waals surface area contributed by atoms with Gasteiger partial charge in [-0.15, -0.1) is 0 Å². The summed E-state index contributed by atoms with van der Waals surface area (Å²) in [6.07, 6.45) is 7.72. The summed E-state index contributed by atoms with van der Waals surface area (Å²) in [5.74, 6) is 2.98. The van der Waals surface area contributed by atoms with Crippen molar-refractivity contribution >= 4 is 11.6 Å². The molecular formula is C17H22O3. The first kappa shape index (κ1) is 12.8. The molecule has 3 saturated carbocycles. The van der Waals surface area contributed by atoms with E-state index in [1.165, 1.54) is 5.57 Å². The van der Waals surface area contributed by atoms with Gasteiger partial charge in [0.2, 0.25) is 0 Å². The molecule has 0 amide bonds. The quantitative estimate of drug-likeness (QED) is 0.737. The van der Waals surface area contributed by atoms with Gasteiger partial charge in [-0.05, 0) is 68.3 Å². The summed E-state index contributed by atoms with van der Waals surface area (Å²) in [6.45, 7) is 0. The van der Waals surface area contributed by atoms with Crippen LogP contribution in [0.25, 0.3) is 0 Å². The zero-order valence-corrected chi connectivity index (χ0v) is 11.8. The second-order valence-corrected chi connectivity index (χ2v) is 7.20. The standard InChI is InChI=1S/C17H22O3/c18-15-6-5-11-10-2-1-9-7-16(19)17(20)8-14(9)12(10)3-4-13(11)15/h7,10-14,17,20H,1-6,8H2/t10-,11-,12-,13-,14-,17?/m0/s1. The molecule has 108 valence electrons. The van der Waals surface area contributed by atoms with Crippen molar-refractivity contribution in [3.63, 3.8) is 0 Å². The molecule has 0 spiro atoms. The molecule has 3 nitrogen and oxygen atoms in total. The highest BCUT2D eigenvalue weighted by molar-refractivity contribution is 5.95. The number of carbonyl (C=O) groups is 2. The lowest BCUT2D eigenvalue weighted by molar-refractivity contribution is -0.125. The van der Waals surface area contributed by atoms with Crippen LogP contribution < -0.4 is 0 Å². The molecule has 0 aromatic carbocycles. The number of aliphatic hydroxyl groups is 1. The maximum absolute atomic E-state index is 12.0. The highest BCUT2D eigenvalue weighted by Gasteiger charge is 2.50. The van der Waals surface area contributed by atoms with E-state index < -0.39 is 6.10 Å². The third-order valence-corrected chi connectivity index (χ3v) is 6.46.